The van der Waals surface area contributed by atoms with Crippen molar-refractivity contribution in [2.45, 2.75) is 11.8 Å². The van der Waals surface area contributed by atoms with Crippen molar-refractivity contribution in [2.75, 3.05) is 4.72 Å². The van der Waals surface area contributed by atoms with E-state index in [9.17, 15) is 8.42 Å². The molecule has 4 nitrogen and oxygen atoms in total. The molecule has 1 aromatic heterocycles. The highest BCUT2D eigenvalue weighted by Gasteiger charge is 2.20. The summed E-state index contributed by atoms with van der Waals surface area (Å²) in [4.78, 5) is 4.89. The molecule has 5 rings (SSSR count). The van der Waals surface area contributed by atoms with Crippen LogP contribution in [0.3, 0.4) is 0 Å². The number of sulfonamides is 1. The highest BCUT2D eigenvalue weighted by Crippen LogP contribution is 2.38. The van der Waals surface area contributed by atoms with Gasteiger partial charge in [0.05, 0.1) is 16.3 Å². The van der Waals surface area contributed by atoms with Crippen molar-refractivity contribution in [3.63, 3.8) is 0 Å². The number of anilines is 1. The second-order valence-corrected chi connectivity index (χ2v) is 9.19. The van der Waals surface area contributed by atoms with Crippen molar-refractivity contribution >= 4 is 37.3 Å². The Bertz CT molecular complexity index is 1520. The predicted molar refractivity (Wildman–Crippen MR) is 127 cm³/mol. The zero-order chi connectivity index (χ0) is 21.4. The molecule has 0 radical (unpaired) electrons. The predicted octanol–water partition coefficient (Wildman–Crippen LogP) is 6.16. The normalized spacial score (nSPS) is 11.6. The summed E-state index contributed by atoms with van der Waals surface area (Å²) in [6, 6.07) is 28.5. The number of hydrogen-bond donors (Lipinski definition) is 1. The van der Waals surface area contributed by atoms with Crippen LogP contribution in [0.2, 0.25) is 0 Å². The van der Waals surface area contributed by atoms with Crippen LogP contribution in [0.1, 0.15) is 5.56 Å². The summed E-state index contributed by atoms with van der Waals surface area (Å²) in [5.41, 5.74) is 3.02. The van der Waals surface area contributed by atoms with Gasteiger partial charge >= 0.3 is 0 Å². The number of nitrogens with one attached hydrogen (secondary N) is 1. The summed E-state index contributed by atoms with van der Waals surface area (Å²) < 4.78 is 29.1. The molecule has 0 bridgehead atoms. The maximum absolute atomic E-state index is 13.2. The number of pyridine rings is 1. The third kappa shape index (κ3) is 3.53. The smallest absolute Gasteiger partial charge is 0.261 e. The number of nitrogens with zero attached hydrogens (tertiary/aromatic N) is 1. The van der Waals surface area contributed by atoms with Crippen LogP contribution in [-0.2, 0) is 10.0 Å². The fraction of sp³-hybridized carbons (Fsp3) is 0.0385. The lowest BCUT2D eigenvalue weighted by Crippen LogP contribution is -2.14. The quantitative estimate of drug-likeness (QED) is 0.376. The first-order valence-electron chi connectivity index (χ1n) is 9.98. The van der Waals surface area contributed by atoms with Crippen LogP contribution in [0.25, 0.3) is 32.8 Å². The molecule has 152 valence electrons. The number of aryl methyl sites for hydroxylation is 1. The van der Waals surface area contributed by atoms with Crippen molar-refractivity contribution in [1.29, 1.82) is 0 Å². The van der Waals surface area contributed by atoms with Crippen LogP contribution >= 0.6 is 0 Å². The van der Waals surface area contributed by atoms with Crippen LogP contribution in [0, 0.1) is 6.92 Å². The number of hydrogen-bond acceptors (Lipinski definition) is 3. The lowest BCUT2D eigenvalue weighted by molar-refractivity contribution is 0.601. The van der Waals surface area contributed by atoms with Gasteiger partial charge in [0.15, 0.2) is 0 Å². The Labute approximate surface area is 181 Å². The minimum absolute atomic E-state index is 0.225. The molecule has 0 aliphatic carbocycles. The first-order valence-corrected chi connectivity index (χ1v) is 11.5. The van der Waals surface area contributed by atoms with E-state index in [1.54, 1.807) is 30.5 Å². The van der Waals surface area contributed by atoms with E-state index in [2.05, 4.69) is 9.71 Å². The second kappa shape index (κ2) is 7.52. The fourth-order valence-corrected chi connectivity index (χ4v) is 4.92. The molecule has 0 unspecified atom stereocenters. The maximum Gasteiger partial charge on any atom is 0.261 e. The summed E-state index contributed by atoms with van der Waals surface area (Å²) in [6.07, 6.45) is 1.76. The van der Waals surface area contributed by atoms with Gasteiger partial charge in [-0.2, -0.15) is 0 Å². The van der Waals surface area contributed by atoms with E-state index in [1.165, 1.54) is 0 Å². The zero-order valence-corrected chi connectivity index (χ0v) is 17.7. The monoisotopic (exact) mass is 424 g/mol. The molecule has 0 saturated heterocycles. The number of rotatable bonds is 4. The SMILES string of the molecule is Cc1ccc(S(=O)(=O)Nc2ccc3ccccc3c2-c2nccc3ccccc23)cc1. The first-order chi connectivity index (χ1) is 15.0. The van der Waals surface area contributed by atoms with Gasteiger partial charge in [-0.05, 0) is 47.3 Å². The van der Waals surface area contributed by atoms with Gasteiger partial charge in [0, 0.05) is 17.1 Å². The fourth-order valence-electron chi connectivity index (χ4n) is 3.85. The standard InChI is InChI=1S/C26H20N2O2S/c1-18-10-13-21(14-11-18)31(29,30)28-24-15-12-19-6-2-4-8-22(19)25(24)26-23-9-5-3-7-20(23)16-17-27-26/h2-17,28H,1H3. The number of benzene rings is 4. The van der Waals surface area contributed by atoms with Crippen LogP contribution in [0.15, 0.2) is 102 Å². The van der Waals surface area contributed by atoms with Crippen LogP contribution < -0.4 is 4.72 Å². The van der Waals surface area contributed by atoms with E-state index >= 15 is 0 Å². The van der Waals surface area contributed by atoms with Crippen LogP contribution in [-0.4, -0.2) is 13.4 Å². The van der Waals surface area contributed by atoms with Crippen molar-refractivity contribution < 1.29 is 8.42 Å². The van der Waals surface area contributed by atoms with E-state index < -0.39 is 10.0 Å². The summed E-state index contributed by atoms with van der Waals surface area (Å²) in [6.45, 7) is 1.93. The summed E-state index contributed by atoms with van der Waals surface area (Å²) in [5.74, 6) is 0. The maximum atomic E-state index is 13.2. The Morgan fingerprint density at radius 1 is 0.710 bits per heavy atom. The lowest BCUT2D eigenvalue weighted by Gasteiger charge is -2.16. The molecule has 0 fully saturated rings. The Morgan fingerprint density at radius 2 is 1.35 bits per heavy atom. The number of aromatic nitrogens is 1. The second-order valence-electron chi connectivity index (χ2n) is 7.51. The molecule has 0 saturated carbocycles. The van der Waals surface area contributed by atoms with E-state index in [4.69, 9.17) is 0 Å². The van der Waals surface area contributed by atoms with Crippen LogP contribution in [0.5, 0.6) is 0 Å². The first kappa shape index (κ1) is 19.3. The molecule has 0 amide bonds. The molecule has 1 N–H and O–H groups in total. The van der Waals surface area contributed by atoms with Gasteiger partial charge in [0.25, 0.3) is 10.0 Å². The van der Waals surface area contributed by atoms with Crippen molar-refractivity contribution in [2.24, 2.45) is 0 Å². The van der Waals surface area contributed by atoms with Gasteiger partial charge in [-0.15, -0.1) is 0 Å². The molecule has 0 spiro atoms. The van der Waals surface area contributed by atoms with Crippen LogP contribution in [0.4, 0.5) is 5.69 Å². The molecule has 0 aliphatic rings. The molecule has 1 heterocycles. The summed E-state index contributed by atoms with van der Waals surface area (Å²) >= 11 is 0. The molecular formula is C26H20N2O2S. The van der Waals surface area contributed by atoms with Crippen molar-refractivity contribution in [3.05, 3.63) is 103 Å². The van der Waals surface area contributed by atoms with E-state index in [-0.39, 0.29) is 4.90 Å². The Kier molecular flexibility index (Phi) is 4.68. The van der Waals surface area contributed by atoms with Gasteiger partial charge in [-0.3, -0.25) is 9.71 Å². The van der Waals surface area contributed by atoms with E-state index in [0.717, 1.165) is 38.4 Å². The van der Waals surface area contributed by atoms with Crippen molar-refractivity contribution in [3.8, 4) is 11.3 Å². The Hall–Kier alpha value is -3.70. The highest BCUT2D eigenvalue weighted by molar-refractivity contribution is 7.92. The summed E-state index contributed by atoms with van der Waals surface area (Å²) in [5, 5.41) is 3.98. The molecule has 0 aliphatic heterocycles. The summed E-state index contributed by atoms with van der Waals surface area (Å²) in [7, 11) is -3.76. The largest absolute Gasteiger partial charge is 0.279 e. The average Bonchev–Trinajstić information content (AvgIpc) is 2.79. The Balaban J connectivity index is 1.76. The van der Waals surface area contributed by atoms with Gasteiger partial charge in [0.1, 0.15) is 0 Å². The zero-order valence-electron chi connectivity index (χ0n) is 16.9. The minimum Gasteiger partial charge on any atom is -0.279 e. The van der Waals surface area contributed by atoms with Gasteiger partial charge in [-0.1, -0.05) is 72.3 Å². The minimum atomic E-state index is -3.76. The lowest BCUT2D eigenvalue weighted by atomic mass is 9.97. The third-order valence-electron chi connectivity index (χ3n) is 5.42. The number of fused-ring (bicyclic) bond motifs is 2. The highest BCUT2D eigenvalue weighted by atomic mass is 32.2. The molecule has 5 heteroatoms. The van der Waals surface area contributed by atoms with Crippen molar-refractivity contribution in [1.82, 2.24) is 4.98 Å². The third-order valence-corrected chi connectivity index (χ3v) is 6.80. The van der Waals surface area contributed by atoms with E-state index in [0.29, 0.717) is 5.69 Å². The topological polar surface area (TPSA) is 59.1 Å². The molecule has 31 heavy (non-hydrogen) atoms. The molecular weight excluding hydrogens is 404 g/mol. The van der Waals surface area contributed by atoms with E-state index in [1.807, 2.05) is 73.7 Å². The van der Waals surface area contributed by atoms with Gasteiger partial charge in [0.2, 0.25) is 0 Å². The molecule has 0 atom stereocenters. The molecule has 4 aromatic carbocycles. The Morgan fingerprint density at radius 3 is 2.10 bits per heavy atom. The molecule has 5 aromatic rings. The average molecular weight is 425 g/mol. The van der Waals surface area contributed by atoms with Gasteiger partial charge in [-0.25, -0.2) is 8.42 Å². The van der Waals surface area contributed by atoms with Gasteiger partial charge < -0.3 is 0 Å².